The van der Waals surface area contributed by atoms with Crippen molar-refractivity contribution in [2.75, 3.05) is 23.7 Å². The van der Waals surface area contributed by atoms with Gasteiger partial charge in [-0.05, 0) is 31.4 Å². The van der Waals surface area contributed by atoms with Crippen LogP contribution < -0.4 is 16.4 Å². The molecule has 0 atom stereocenters. The first-order chi connectivity index (χ1) is 10.6. The van der Waals surface area contributed by atoms with Gasteiger partial charge in [0.15, 0.2) is 5.69 Å². The van der Waals surface area contributed by atoms with Crippen LogP contribution in [0.5, 0.6) is 0 Å². The second-order valence-electron chi connectivity index (χ2n) is 5.63. The van der Waals surface area contributed by atoms with Crippen LogP contribution in [0.1, 0.15) is 34.9 Å². The van der Waals surface area contributed by atoms with Gasteiger partial charge in [-0.2, -0.15) is 0 Å². The van der Waals surface area contributed by atoms with Gasteiger partial charge in [-0.3, -0.25) is 9.78 Å². The molecule has 0 unspecified atom stereocenters. The normalized spacial score (nSPS) is 16.0. The number of carbonyl (C=O) groups is 1. The zero-order chi connectivity index (χ0) is 15.7. The van der Waals surface area contributed by atoms with E-state index in [1.165, 1.54) is 11.3 Å². The molecular weight excluding hydrogens is 280 g/mol. The van der Waals surface area contributed by atoms with E-state index in [4.69, 9.17) is 11.5 Å². The third kappa shape index (κ3) is 2.49. The van der Waals surface area contributed by atoms with Gasteiger partial charge in [0, 0.05) is 37.2 Å². The third-order valence-corrected chi connectivity index (χ3v) is 4.25. The Balaban J connectivity index is 1.72. The highest BCUT2D eigenvalue weighted by Gasteiger charge is 2.24. The monoisotopic (exact) mass is 300 g/mol. The highest BCUT2D eigenvalue weighted by Crippen LogP contribution is 2.30. The Morgan fingerprint density at radius 3 is 2.68 bits per heavy atom. The highest BCUT2D eigenvalue weighted by molar-refractivity contribution is 5.95. The molecule has 0 aliphatic carbocycles. The van der Waals surface area contributed by atoms with E-state index in [1.807, 2.05) is 23.0 Å². The molecule has 0 spiro atoms. The maximum atomic E-state index is 11.2. The van der Waals surface area contributed by atoms with E-state index < -0.39 is 5.91 Å². The SMILES string of the molecule is Cc1cnccc1N1CCC(n2cnc(C(N)=O)c2N)CC1. The summed E-state index contributed by atoms with van der Waals surface area (Å²) >= 11 is 0. The maximum absolute atomic E-state index is 11.2. The number of anilines is 2. The van der Waals surface area contributed by atoms with Gasteiger partial charge in [0.05, 0.1) is 6.33 Å². The molecule has 3 heterocycles. The zero-order valence-corrected chi connectivity index (χ0v) is 12.6. The minimum atomic E-state index is -0.582. The Hall–Kier alpha value is -2.57. The minimum Gasteiger partial charge on any atom is -0.383 e. The number of imidazole rings is 1. The van der Waals surface area contributed by atoms with E-state index >= 15 is 0 Å². The number of aryl methyl sites for hydroxylation is 1. The van der Waals surface area contributed by atoms with E-state index in [0.29, 0.717) is 5.82 Å². The number of rotatable bonds is 3. The summed E-state index contributed by atoms with van der Waals surface area (Å²) in [6.07, 6.45) is 7.21. The first kappa shape index (κ1) is 14.4. The molecule has 1 amide bonds. The van der Waals surface area contributed by atoms with Crippen molar-refractivity contribution in [1.82, 2.24) is 14.5 Å². The van der Waals surface area contributed by atoms with Crippen molar-refractivity contribution in [2.24, 2.45) is 5.73 Å². The Morgan fingerprint density at radius 1 is 1.36 bits per heavy atom. The molecule has 0 radical (unpaired) electrons. The molecule has 1 saturated heterocycles. The lowest BCUT2D eigenvalue weighted by atomic mass is 10.0. The maximum Gasteiger partial charge on any atom is 0.271 e. The molecule has 0 saturated carbocycles. The van der Waals surface area contributed by atoms with Crippen molar-refractivity contribution in [3.63, 3.8) is 0 Å². The molecule has 7 heteroatoms. The molecule has 0 aromatic carbocycles. The molecule has 1 aliphatic heterocycles. The second kappa shape index (κ2) is 5.67. The summed E-state index contributed by atoms with van der Waals surface area (Å²) in [4.78, 5) is 21.8. The lowest BCUT2D eigenvalue weighted by molar-refractivity contribution is 0.0997. The van der Waals surface area contributed by atoms with Gasteiger partial charge in [0.25, 0.3) is 5.91 Å². The molecule has 22 heavy (non-hydrogen) atoms. The standard InChI is InChI=1S/C15H20N6O/c1-10-8-18-5-2-12(10)20-6-3-11(4-7-20)21-9-19-13(14(21)16)15(17)22/h2,5,8-9,11H,3-4,6-7,16H2,1H3,(H2,17,22). The van der Waals surface area contributed by atoms with Crippen LogP contribution in [0.4, 0.5) is 11.5 Å². The number of piperidine rings is 1. The van der Waals surface area contributed by atoms with Crippen LogP contribution in [0.2, 0.25) is 0 Å². The van der Waals surface area contributed by atoms with Crippen molar-refractivity contribution >= 4 is 17.4 Å². The number of aromatic nitrogens is 3. The molecule has 7 nitrogen and oxygen atoms in total. The number of amides is 1. The predicted molar refractivity (Wildman–Crippen MR) is 84.6 cm³/mol. The van der Waals surface area contributed by atoms with Crippen molar-refractivity contribution in [3.05, 3.63) is 36.0 Å². The third-order valence-electron chi connectivity index (χ3n) is 4.25. The number of hydrogen-bond acceptors (Lipinski definition) is 5. The number of nitrogens with zero attached hydrogens (tertiary/aromatic N) is 4. The van der Waals surface area contributed by atoms with Gasteiger partial charge in [-0.25, -0.2) is 4.98 Å². The molecule has 116 valence electrons. The molecule has 0 bridgehead atoms. The Kier molecular flexibility index (Phi) is 3.70. The van der Waals surface area contributed by atoms with Crippen molar-refractivity contribution < 1.29 is 4.79 Å². The van der Waals surface area contributed by atoms with Gasteiger partial charge in [0.1, 0.15) is 5.82 Å². The lowest BCUT2D eigenvalue weighted by Crippen LogP contribution is -2.35. The smallest absolute Gasteiger partial charge is 0.271 e. The number of carbonyl (C=O) groups excluding carboxylic acids is 1. The van der Waals surface area contributed by atoms with Crippen LogP contribution in [0.3, 0.4) is 0 Å². The fourth-order valence-corrected chi connectivity index (χ4v) is 3.06. The second-order valence-corrected chi connectivity index (χ2v) is 5.63. The number of hydrogen-bond donors (Lipinski definition) is 2. The van der Waals surface area contributed by atoms with Gasteiger partial charge >= 0.3 is 0 Å². The summed E-state index contributed by atoms with van der Waals surface area (Å²) in [5.41, 5.74) is 13.8. The minimum absolute atomic E-state index is 0.160. The molecule has 1 fully saturated rings. The fraction of sp³-hybridized carbons (Fsp3) is 0.400. The molecule has 3 rings (SSSR count). The molecular formula is C15H20N6O. The average Bonchev–Trinajstić information content (AvgIpc) is 2.90. The van der Waals surface area contributed by atoms with E-state index in [2.05, 4.69) is 21.8 Å². The van der Waals surface area contributed by atoms with E-state index in [0.717, 1.165) is 25.9 Å². The zero-order valence-electron chi connectivity index (χ0n) is 12.6. The van der Waals surface area contributed by atoms with E-state index in [-0.39, 0.29) is 11.7 Å². The number of nitrogens with two attached hydrogens (primary N) is 2. The first-order valence-corrected chi connectivity index (χ1v) is 7.35. The van der Waals surface area contributed by atoms with Gasteiger partial charge in [-0.15, -0.1) is 0 Å². The van der Waals surface area contributed by atoms with Crippen LogP contribution in [-0.4, -0.2) is 33.5 Å². The van der Waals surface area contributed by atoms with Crippen molar-refractivity contribution in [2.45, 2.75) is 25.8 Å². The summed E-state index contributed by atoms with van der Waals surface area (Å²) in [7, 11) is 0. The first-order valence-electron chi connectivity index (χ1n) is 7.35. The lowest BCUT2D eigenvalue weighted by Gasteiger charge is -2.35. The summed E-state index contributed by atoms with van der Waals surface area (Å²) in [5, 5.41) is 0. The number of nitrogen functional groups attached to an aromatic ring is 1. The Labute approximate surface area is 128 Å². The van der Waals surface area contributed by atoms with Crippen LogP contribution in [-0.2, 0) is 0 Å². The fourth-order valence-electron chi connectivity index (χ4n) is 3.06. The number of pyridine rings is 1. The Morgan fingerprint density at radius 2 is 2.09 bits per heavy atom. The van der Waals surface area contributed by atoms with Crippen molar-refractivity contribution in [1.29, 1.82) is 0 Å². The largest absolute Gasteiger partial charge is 0.383 e. The summed E-state index contributed by atoms with van der Waals surface area (Å²) in [6.45, 7) is 3.93. The molecule has 4 N–H and O–H groups in total. The summed E-state index contributed by atoms with van der Waals surface area (Å²) in [5.74, 6) is -0.216. The molecule has 1 aliphatic rings. The average molecular weight is 300 g/mol. The van der Waals surface area contributed by atoms with E-state index in [9.17, 15) is 4.79 Å². The summed E-state index contributed by atoms with van der Waals surface area (Å²) < 4.78 is 1.87. The van der Waals surface area contributed by atoms with Crippen molar-refractivity contribution in [3.8, 4) is 0 Å². The molecule has 2 aromatic rings. The van der Waals surface area contributed by atoms with Gasteiger partial charge in [0.2, 0.25) is 0 Å². The predicted octanol–water partition coefficient (Wildman–Crippen LogP) is 1.11. The van der Waals surface area contributed by atoms with Crippen LogP contribution in [0.15, 0.2) is 24.8 Å². The van der Waals surface area contributed by atoms with Crippen LogP contribution in [0.25, 0.3) is 0 Å². The van der Waals surface area contributed by atoms with Gasteiger partial charge in [-0.1, -0.05) is 0 Å². The molecule has 2 aromatic heterocycles. The highest BCUT2D eigenvalue weighted by atomic mass is 16.1. The Bertz CT molecular complexity index is 687. The summed E-state index contributed by atoms with van der Waals surface area (Å²) in [6, 6.07) is 2.30. The van der Waals surface area contributed by atoms with E-state index in [1.54, 1.807) is 6.33 Å². The van der Waals surface area contributed by atoms with Crippen LogP contribution >= 0.6 is 0 Å². The van der Waals surface area contributed by atoms with Gasteiger partial charge < -0.3 is 20.9 Å². The topological polar surface area (TPSA) is 103 Å². The van der Waals surface area contributed by atoms with Crippen LogP contribution in [0, 0.1) is 6.92 Å². The number of primary amides is 1. The quantitative estimate of drug-likeness (QED) is 0.883.